The van der Waals surface area contributed by atoms with E-state index in [0.29, 0.717) is 30.0 Å². The molecule has 7 heteroatoms. The zero-order chi connectivity index (χ0) is 18.8. The summed E-state index contributed by atoms with van der Waals surface area (Å²) in [6, 6.07) is 15.3. The molecule has 27 heavy (non-hydrogen) atoms. The predicted octanol–water partition coefficient (Wildman–Crippen LogP) is 4.19. The fourth-order valence-electron chi connectivity index (χ4n) is 2.88. The van der Waals surface area contributed by atoms with Crippen LogP contribution in [-0.4, -0.2) is 32.3 Å². The van der Waals surface area contributed by atoms with Gasteiger partial charge in [0.15, 0.2) is 0 Å². The lowest BCUT2D eigenvalue weighted by Gasteiger charge is -2.10. The second-order valence-electron chi connectivity index (χ2n) is 6.39. The average molecular weight is 383 g/mol. The maximum atomic E-state index is 9.58. The van der Waals surface area contributed by atoms with E-state index < -0.39 is 6.10 Å². The first-order valence-corrected chi connectivity index (χ1v) is 9.05. The van der Waals surface area contributed by atoms with E-state index in [1.54, 1.807) is 13.2 Å². The summed E-state index contributed by atoms with van der Waals surface area (Å²) in [5, 5.41) is 13.4. The molecule has 2 N–H and O–H groups in total. The van der Waals surface area contributed by atoms with E-state index in [1.807, 2.05) is 53.1 Å². The Balaban J connectivity index is 1.64. The molecule has 0 saturated heterocycles. The zero-order valence-electron chi connectivity index (χ0n) is 14.8. The van der Waals surface area contributed by atoms with Crippen molar-refractivity contribution >= 4 is 28.6 Å². The number of oxazole rings is 1. The predicted molar refractivity (Wildman–Crippen MR) is 106 cm³/mol. The maximum Gasteiger partial charge on any atom is 0.226 e. The highest BCUT2D eigenvalue weighted by atomic mass is 35.5. The summed E-state index contributed by atoms with van der Waals surface area (Å²) in [7, 11) is 0. The number of fused-ring (bicyclic) bond motifs is 1. The van der Waals surface area contributed by atoms with Crippen molar-refractivity contribution in [3.63, 3.8) is 0 Å². The number of para-hydroxylation sites is 2. The Kier molecular flexibility index (Phi) is 4.83. The lowest BCUT2D eigenvalue weighted by molar-refractivity contribution is 0.208. The molecular weight excluding hydrogens is 364 g/mol. The first-order chi connectivity index (χ1) is 13.1. The quantitative estimate of drug-likeness (QED) is 0.523. The van der Waals surface area contributed by atoms with E-state index in [-0.39, 0.29) is 0 Å². The molecule has 0 spiro atoms. The highest BCUT2D eigenvalue weighted by Crippen LogP contribution is 2.24. The largest absolute Gasteiger partial charge is 0.444 e. The summed E-state index contributed by atoms with van der Waals surface area (Å²) in [4.78, 5) is 9.22. The van der Waals surface area contributed by atoms with Gasteiger partial charge in [-0.25, -0.2) is 9.97 Å². The molecule has 4 aromatic rings. The first-order valence-electron chi connectivity index (χ1n) is 8.67. The van der Waals surface area contributed by atoms with Crippen molar-refractivity contribution in [1.82, 2.24) is 14.5 Å². The van der Waals surface area contributed by atoms with E-state index in [2.05, 4.69) is 15.3 Å². The van der Waals surface area contributed by atoms with E-state index in [4.69, 9.17) is 16.0 Å². The molecular formula is C20H19ClN4O2. The molecule has 0 aliphatic carbocycles. The van der Waals surface area contributed by atoms with Gasteiger partial charge in [-0.1, -0.05) is 23.7 Å². The number of nitrogens with one attached hydrogen (secondary N) is 1. The van der Waals surface area contributed by atoms with Gasteiger partial charge in [-0.3, -0.25) is 0 Å². The second-order valence-corrected chi connectivity index (χ2v) is 6.83. The monoisotopic (exact) mass is 382 g/mol. The summed E-state index contributed by atoms with van der Waals surface area (Å²) in [6.45, 7) is 2.65. The van der Waals surface area contributed by atoms with Gasteiger partial charge in [0.2, 0.25) is 11.8 Å². The lowest BCUT2D eigenvalue weighted by atomic mass is 10.2. The number of hydrogen-bond donors (Lipinski definition) is 2. The van der Waals surface area contributed by atoms with Gasteiger partial charge in [0.1, 0.15) is 6.26 Å². The summed E-state index contributed by atoms with van der Waals surface area (Å²) >= 11 is 5.94. The van der Waals surface area contributed by atoms with Crippen LogP contribution < -0.4 is 5.32 Å². The van der Waals surface area contributed by atoms with Crippen LogP contribution in [0.5, 0.6) is 0 Å². The van der Waals surface area contributed by atoms with Crippen molar-refractivity contribution in [2.75, 3.05) is 11.9 Å². The van der Waals surface area contributed by atoms with Gasteiger partial charge in [-0.15, -0.1) is 0 Å². The van der Waals surface area contributed by atoms with Crippen molar-refractivity contribution in [3.8, 4) is 11.5 Å². The molecule has 0 aliphatic rings. The van der Waals surface area contributed by atoms with Crippen LogP contribution in [0, 0.1) is 0 Å². The van der Waals surface area contributed by atoms with Crippen LogP contribution in [0.15, 0.2) is 59.2 Å². The van der Waals surface area contributed by atoms with Crippen molar-refractivity contribution in [2.45, 2.75) is 19.6 Å². The van der Waals surface area contributed by atoms with E-state index in [1.165, 1.54) is 0 Å². The van der Waals surface area contributed by atoms with Crippen LogP contribution in [0.2, 0.25) is 5.02 Å². The average Bonchev–Trinajstić information content (AvgIpc) is 3.26. The van der Waals surface area contributed by atoms with Crippen LogP contribution in [0.3, 0.4) is 0 Å². The fourth-order valence-corrected chi connectivity index (χ4v) is 3.00. The van der Waals surface area contributed by atoms with Crippen LogP contribution >= 0.6 is 11.6 Å². The summed E-state index contributed by atoms with van der Waals surface area (Å²) in [6.07, 6.45) is 1.18. The lowest BCUT2D eigenvalue weighted by Crippen LogP contribution is -2.18. The minimum Gasteiger partial charge on any atom is -0.444 e. The Morgan fingerprint density at radius 1 is 1.15 bits per heavy atom. The summed E-state index contributed by atoms with van der Waals surface area (Å²) < 4.78 is 7.67. The Bertz CT molecular complexity index is 1050. The second kappa shape index (κ2) is 7.42. The van der Waals surface area contributed by atoms with Crippen molar-refractivity contribution in [1.29, 1.82) is 0 Å². The molecule has 2 aromatic carbocycles. The smallest absolute Gasteiger partial charge is 0.226 e. The van der Waals surface area contributed by atoms with Crippen molar-refractivity contribution < 1.29 is 9.52 Å². The van der Waals surface area contributed by atoms with Gasteiger partial charge in [0, 0.05) is 17.1 Å². The number of halogens is 1. The molecule has 2 aromatic heterocycles. The van der Waals surface area contributed by atoms with Crippen molar-refractivity contribution in [2.24, 2.45) is 0 Å². The zero-order valence-corrected chi connectivity index (χ0v) is 15.5. The number of aliphatic hydroxyl groups is 1. The molecule has 138 valence electrons. The number of aromatic nitrogens is 3. The van der Waals surface area contributed by atoms with E-state index in [0.717, 1.165) is 22.3 Å². The molecule has 0 amide bonds. The van der Waals surface area contributed by atoms with Crippen LogP contribution in [0.4, 0.5) is 5.95 Å². The molecule has 2 heterocycles. The number of hydrogen-bond acceptors (Lipinski definition) is 5. The van der Waals surface area contributed by atoms with E-state index in [9.17, 15) is 5.11 Å². The third-order valence-corrected chi connectivity index (χ3v) is 4.43. The number of benzene rings is 2. The number of imidazole rings is 1. The molecule has 0 fully saturated rings. The molecule has 0 radical (unpaired) electrons. The van der Waals surface area contributed by atoms with Crippen LogP contribution in [-0.2, 0) is 6.54 Å². The summed E-state index contributed by atoms with van der Waals surface area (Å²) in [5.41, 5.74) is 3.52. The Morgan fingerprint density at radius 2 is 1.93 bits per heavy atom. The number of aliphatic hydroxyl groups excluding tert-OH is 1. The number of rotatable bonds is 6. The Hall–Kier alpha value is -2.83. The summed E-state index contributed by atoms with van der Waals surface area (Å²) in [5.74, 6) is 1.23. The van der Waals surface area contributed by atoms with Gasteiger partial charge in [-0.05, 0) is 43.3 Å². The third kappa shape index (κ3) is 3.82. The number of anilines is 1. The SMILES string of the molecule is C[C@@H](O)CNc1nc2ccccc2n1Cc1coc(-c2ccc(Cl)cc2)n1. The molecule has 0 bridgehead atoms. The Labute approximate surface area is 161 Å². The minimum atomic E-state index is -0.471. The molecule has 6 nitrogen and oxygen atoms in total. The van der Waals surface area contributed by atoms with Gasteiger partial charge in [0.05, 0.1) is 29.4 Å². The van der Waals surface area contributed by atoms with Crippen LogP contribution in [0.1, 0.15) is 12.6 Å². The molecule has 0 unspecified atom stereocenters. The highest BCUT2D eigenvalue weighted by molar-refractivity contribution is 6.30. The number of nitrogens with zero attached hydrogens (tertiary/aromatic N) is 3. The minimum absolute atomic E-state index is 0.415. The maximum absolute atomic E-state index is 9.58. The topological polar surface area (TPSA) is 76.1 Å². The Morgan fingerprint density at radius 3 is 2.70 bits per heavy atom. The normalized spacial score (nSPS) is 12.4. The van der Waals surface area contributed by atoms with Crippen LogP contribution in [0.25, 0.3) is 22.5 Å². The van der Waals surface area contributed by atoms with Gasteiger partial charge < -0.3 is 19.4 Å². The molecule has 4 rings (SSSR count). The fraction of sp³-hybridized carbons (Fsp3) is 0.200. The first kappa shape index (κ1) is 17.6. The highest BCUT2D eigenvalue weighted by Gasteiger charge is 2.14. The van der Waals surface area contributed by atoms with Gasteiger partial charge >= 0.3 is 0 Å². The molecule has 0 saturated carbocycles. The van der Waals surface area contributed by atoms with Gasteiger partial charge in [-0.2, -0.15) is 0 Å². The molecule has 1 atom stereocenters. The van der Waals surface area contributed by atoms with Gasteiger partial charge in [0.25, 0.3) is 0 Å². The molecule has 0 aliphatic heterocycles. The standard InChI is InChI=1S/C20H19ClN4O2/c1-13(26)10-22-20-24-17-4-2-3-5-18(17)25(20)11-16-12-27-19(23-16)14-6-8-15(21)9-7-14/h2-9,12-13,26H,10-11H2,1H3,(H,22,24)/t13-/m1/s1. The van der Waals surface area contributed by atoms with Crippen molar-refractivity contribution in [3.05, 3.63) is 65.5 Å². The third-order valence-electron chi connectivity index (χ3n) is 4.17. The van der Waals surface area contributed by atoms with E-state index >= 15 is 0 Å².